The summed E-state index contributed by atoms with van der Waals surface area (Å²) in [5.41, 5.74) is 12.8. The molecular weight excluding hydrogens is 262 g/mol. The number of hydrogen-bond acceptors (Lipinski definition) is 3. The summed E-state index contributed by atoms with van der Waals surface area (Å²) in [5.74, 6) is 0.00968. The van der Waals surface area contributed by atoms with E-state index >= 15 is 0 Å². The van der Waals surface area contributed by atoms with Crippen molar-refractivity contribution in [2.45, 2.75) is 32.7 Å². The second kappa shape index (κ2) is 5.29. The fourth-order valence-corrected chi connectivity index (χ4v) is 3.20. The fraction of sp³-hybridized carbons (Fsp3) is 0.500. The van der Waals surface area contributed by atoms with Crippen LogP contribution in [0.1, 0.15) is 37.0 Å². The molecular formula is C14H20ClN3O. The molecule has 1 atom stereocenters. The van der Waals surface area contributed by atoms with Crippen molar-refractivity contribution in [3.05, 3.63) is 22.7 Å². The zero-order chi connectivity index (χ0) is 14.2. The van der Waals surface area contributed by atoms with Crippen molar-refractivity contribution in [1.29, 1.82) is 0 Å². The van der Waals surface area contributed by atoms with Crippen molar-refractivity contribution in [1.82, 2.24) is 0 Å². The zero-order valence-corrected chi connectivity index (χ0v) is 12.1. The van der Waals surface area contributed by atoms with E-state index in [0.29, 0.717) is 28.2 Å². The number of nitrogens with zero attached hydrogens (tertiary/aromatic N) is 1. The van der Waals surface area contributed by atoms with Crippen LogP contribution >= 0.6 is 11.6 Å². The lowest BCUT2D eigenvalue weighted by atomic mass is 10.0. The van der Waals surface area contributed by atoms with E-state index in [0.717, 1.165) is 25.1 Å². The summed E-state index contributed by atoms with van der Waals surface area (Å²) in [6.07, 6.45) is 2.21. The molecule has 19 heavy (non-hydrogen) atoms. The van der Waals surface area contributed by atoms with Gasteiger partial charge in [-0.1, -0.05) is 25.4 Å². The van der Waals surface area contributed by atoms with E-state index in [-0.39, 0.29) is 0 Å². The third-order valence-electron chi connectivity index (χ3n) is 3.71. The van der Waals surface area contributed by atoms with Gasteiger partial charge in [0.15, 0.2) is 0 Å². The molecule has 104 valence electrons. The molecule has 1 aromatic rings. The van der Waals surface area contributed by atoms with Crippen LogP contribution < -0.4 is 16.4 Å². The number of benzene rings is 1. The van der Waals surface area contributed by atoms with Gasteiger partial charge >= 0.3 is 0 Å². The van der Waals surface area contributed by atoms with E-state index in [2.05, 4.69) is 18.7 Å². The van der Waals surface area contributed by atoms with Gasteiger partial charge in [-0.05, 0) is 30.9 Å². The van der Waals surface area contributed by atoms with E-state index in [1.807, 2.05) is 0 Å². The molecule has 0 aliphatic carbocycles. The molecule has 4 N–H and O–H groups in total. The highest BCUT2D eigenvalue weighted by Gasteiger charge is 2.31. The molecule has 1 aromatic carbocycles. The smallest absolute Gasteiger partial charge is 0.250 e. The Morgan fingerprint density at radius 1 is 1.47 bits per heavy atom. The van der Waals surface area contributed by atoms with Gasteiger partial charge < -0.3 is 16.4 Å². The molecule has 1 fully saturated rings. The lowest BCUT2D eigenvalue weighted by Crippen LogP contribution is -2.35. The second-order valence-electron chi connectivity index (χ2n) is 5.41. The lowest BCUT2D eigenvalue weighted by Gasteiger charge is -2.31. The first-order chi connectivity index (χ1) is 8.91. The molecule has 1 unspecified atom stereocenters. The number of nitrogens with two attached hydrogens (primary N) is 2. The van der Waals surface area contributed by atoms with Crippen LogP contribution in [-0.4, -0.2) is 18.5 Å². The highest BCUT2D eigenvalue weighted by Crippen LogP contribution is 2.38. The minimum atomic E-state index is -0.487. The molecule has 1 saturated heterocycles. The predicted octanol–water partition coefficient (Wildman–Crippen LogP) is 2.65. The third kappa shape index (κ3) is 2.63. The van der Waals surface area contributed by atoms with Gasteiger partial charge in [-0.3, -0.25) is 4.79 Å². The molecule has 1 aliphatic rings. The Bertz CT molecular complexity index is 502. The quantitative estimate of drug-likeness (QED) is 0.837. The third-order valence-corrected chi connectivity index (χ3v) is 4.00. The number of hydrogen-bond donors (Lipinski definition) is 2. The van der Waals surface area contributed by atoms with E-state index in [4.69, 9.17) is 23.1 Å². The first kappa shape index (κ1) is 14.0. The Labute approximate surface area is 118 Å². The topological polar surface area (TPSA) is 72.3 Å². The van der Waals surface area contributed by atoms with Crippen LogP contribution in [0.5, 0.6) is 0 Å². The van der Waals surface area contributed by atoms with Gasteiger partial charge in [-0.2, -0.15) is 0 Å². The molecule has 0 aromatic heterocycles. The molecule has 4 nitrogen and oxygen atoms in total. The van der Waals surface area contributed by atoms with E-state index < -0.39 is 5.91 Å². The highest BCUT2D eigenvalue weighted by molar-refractivity contribution is 6.34. The zero-order valence-electron chi connectivity index (χ0n) is 11.3. The van der Waals surface area contributed by atoms with Crippen molar-refractivity contribution < 1.29 is 4.79 Å². The fourth-order valence-electron chi connectivity index (χ4n) is 2.86. The number of carbonyl (C=O) groups is 1. The van der Waals surface area contributed by atoms with Gasteiger partial charge in [0.2, 0.25) is 0 Å². The van der Waals surface area contributed by atoms with Crippen molar-refractivity contribution in [3.8, 4) is 0 Å². The summed E-state index contributed by atoms with van der Waals surface area (Å²) in [5, 5.41) is 0.501. The minimum Gasteiger partial charge on any atom is -0.399 e. The van der Waals surface area contributed by atoms with E-state index in [1.54, 1.807) is 12.1 Å². The van der Waals surface area contributed by atoms with Crippen LogP contribution in [0.15, 0.2) is 12.1 Å². The summed E-state index contributed by atoms with van der Waals surface area (Å²) in [7, 11) is 0. The number of amides is 1. The standard InChI is InChI=1S/C14H20ClN3O/c1-8(2)12-4-3-5-18(12)13-10(14(17)19)6-9(16)7-11(13)15/h6-8,12H,3-5,16H2,1-2H3,(H2,17,19). The monoisotopic (exact) mass is 281 g/mol. The predicted molar refractivity (Wildman–Crippen MR) is 79.6 cm³/mol. The average Bonchev–Trinajstić information content (AvgIpc) is 2.76. The molecule has 1 amide bonds. The van der Waals surface area contributed by atoms with E-state index in [1.165, 1.54) is 0 Å². The number of anilines is 2. The summed E-state index contributed by atoms with van der Waals surface area (Å²) >= 11 is 6.30. The van der Waals surface area contributed by atoms with Crippen LogP contribution in [0.4, 0.5) is 11.4 Å². The van der Waals surface area contributed by atoms with Crippen molar-refractivity contribution >= 4 is 28.9 Å². The van der Waals surface area contributed by atoms with Gasteiger partial charge in [0.25, 0.3) is 5.91 Å². The van der Waals surface area contributed by atoms with Crippen LogP contribution in [-0.2, 0) is 0 Å². The SMILES string of the molecule is CC(C)C1CCCN1c1c(Cl)cc(N)cc1C(N)=O. The maximum absolute atomic E-state index is 11.6. The molecule has 2 rings (SSSR count). The van der Waals surface area contributed by atoms with Gasteiger partial charge in [0.1, 0.15) is 0 Å². The summed E-state index contributed by atoms with van der Waals surface area (Å²) in [4.78, 5) is 13.8. The molecule has 1 aliphatic heterocycles. The van der Waals surface area contributed by atoms with Crippen LogP contribution in [0.3, 0.4) is 0 Å². The Hall–Kier alpha value is -1.42. The number of primary amides is 1. The van der Waals surface area contributed by atoms with Crippen molar-refractivity contribution in [2.24, 2.45) is 11.7 Å². The maximum atomic E-state index is 11.6. The molecule has 0 bridgehead atoms. The summed E-state index contributed by atoms with van der Waals surface area (Å²) in [6.45, 7) is 5.25. The molecule has 0 saturated carbocycles. The molecule has 0 spiro atoms. The number of halogens is 1. The van der Waals surface area contributed by atoms with Crippen molar-refractivity contribution in [2.75, 3.05) is 17.2 Å². The number of nitrogen functional groups attached to an aromatic ring is 1. The Morgan fingerprint density at radius 2 is 2.16 bits per heavy atom. The van der Waals surface area contributed by atoms with Crippen LogP contribution in [0.25, 0.3) is 0 Å². The average molecular weight is 282 g/mol. The van der Waals surface area contributed by atoms with Gasteiger partial charge in [0, 0.05) is 18.3 Å². The highest BCUT2D eigenvalue weighted by atomic mass is 35.5. The lowest BCUT2D eigenvalue weighted by molar-refractivity contribution is 0.100. The number of carbonyl (C=O) groups excluding carboxylic acids is 1. The van der Waals surface area contributed by atoms with Crippen LogP contribution in [0.2, 0.25) is 5.02 Å². The van der Waals surface area contributed by atoms with Gasteiger partial charge in [-0.15, -0.1) is 0 Å². The number of rotatable bonds is 3. The van der Waals surface area contributed by atoms with Gasteiger partial charge in [-0.25, -0.2) is 0 Å². The molecule has 1 heterocycles. The first-order valence-electron chi connectivity index (χ1n) is 6.57. The van der Waals surface area contributed by atoms with Crippen molar-refractivity contribution in [3.63, 3.8) is 0 Å². The molecule has 0 radical (unpaired) electrons. The van der Waals surface area contributed by atoms with Crippen LogP contribution in [0, 0.1) is 5.92 Å². The Balaban J connectivity index is 2.52. The minimum absolute atomic E-state index is 0.388. The Morgan fingerprint density at radius 3 is 2.74 bits per heavy atom. The summed E-state index contributed by atoms with van der Waals surface area (Å²) < 4.78 is 0. The first-order valence-corrected chi connectivity index (χ1v) is 6.95. The second-order valence-corrected chi connectivity index (χ2v) is 5.82. The maximum Gasteiger partial charge on any atom is 0.250 e. The van der Waals surface area contributed by atoms with Gasteiger partial charge in [0.05, 0.1) is 16.3 Å². The largest absolute Gasteiger partial charge is 0.399 e. The normalized spacial score (nSPS) is 19.2. The van der Waals surface area contributed by atoms with E-state index in [9.17, 15) is 4.79 Å². The Kier molecular flexibility index (Phi) is 3.90. The summed E-state index contributed by atoms with van der Waals surface area (Å²) in [6, 6.07) is 3.68. The molecule has 5 heteroatoms.